The number of nitrogens with one attached hydrogen (secondary N) is 1. The van der Waals surface area contributed by atoms with Crippen molar-refractivity contribution in [2.24, 2.45) is 5.92 Å². The maximum Gasteiger partial charge on any atom is 0.0556 e. The number of hydrogen-bond acceptors (Lipinski definition) is 3. The Morgan fingerprint density at radius 1 is 1.40 bits per heavy atom. The highest BCUT2D eigenvalue weighted by Crippen LogP contribution is 2.28. The van der Waals surface area contributed by atoms with Crippen LogP contribution in [0.5, 0.6) is 0 Å². The van der Waals surface area contributed by atoms with Gasteiger partial charge in [-0.1, -0.05) is 0 Å². The van der Waals surface area contributed by atoms with E-state index < -0.39 is 0 Å². The van der Waals surface area contributed by atoms with Gasteiger partial charge in [-0.3, -0.25) is 4.98 Å². The van der Waals surface area contributed by atoms with Gasteiger partial charge in [-0.2, -0.15) is 0 Å². The number of hydrogen-bond donors (Lipinski definition) is 1. The minimum absolute atomic E-state index is 0.713. The Hall–Kier alpha value is -1.09. The average Bonchev–Trinajstić information content (AvgIpc) is 2.76. The Kier molecular flexibility index (Phi) is 2.13. The van der Waals surface area contributed by atoms with Crippen LogP contribution in [0, 0.1) is 12.8 Å². The number of nitrogens with zero attached hydrogens (tertiary/aromatic N) is 2. The largest absolute Gasteiger partial charge is 0.368 e. The van der Waals surface area contributed by atoms with E-state index in [1.807, 2.05) is 12.4 Å². The molecule has 2 saturated heterocycles. The normalized spacial score (nSPS) is 29.5. The molecule has 2 unspecified atom stereocenters. The number of rotatable bonds is 1. The van der Waals surface area contributed by atoms with Gasteiger partial charge in [0.05, 0.1) is 11.9 Å². The first kappa shape index (κ1) is 9.16. The third kappa shape index (κ3) is 1.61. The zero-order valence-electron chi connectivity index (χ0n) is 9.11. The summed E-state index contributed by atoms with van der Waals surface area (Å²) < 4.78 is 0. The molecule has 2 fully saturated rings. The molecule has 0 radical (unpaired) electrons. The van der Waals surface area contributed by atoms with E-state index >= 15 is 0 Å². The summed E-state index contributed by atoms with van der Waals surface area (Å²) in [5.41, 5.74) is 2.53. The van der Waals surface area contributed by atoms with E-state index in [4.69, 9.17) is 0 Å². The van der Waals surface area contributed by atoms with Crippen LogP contribution in [0.15, 0.2) is 18.5 Å². The van der Waals surface area contributed by atoms with Crippen LogP contribution >= 0.6 is 0 Å². The molecule has 1 aromatic heterocycles. The van der Waals surface area contributed by atoms with Crippen molar-refractivity contribution in [1.82, 2.24) is 10.3 Å². The van der Waals surface area contributed by atoms with Crippen molar-refractivity contribution in [3.8, 4) is 0 Å². The molecule has 1 N–H and O–H groups in total. The Morgan fingerprint density at radius 2 is 2.33 bits per heavy atom. The molecule has 2 atom stereocenters. The smallest absolute Gasteiger partial charge is 0.0556 e. The molecule has 0 aromatic carbocycles. The van der Waals surface area contributed by atoms with Crippen molar-refractivity contribution in [1.29, 1.82) is 0 Å². The van der Waals surface area contributed by atoms with Gasteiger partial charge in [0.1, 0.15) is 0 Å². The van der Waals surface area contributed by atoms with Gasteiger partial charge >= 0.3 is 0 Å². The Bertz CT molecular complexity index is 352. The number of aryl methyl sites for hydroxylation is 1. The van der Waals surface area contributed by atoms with Crippen LogP contribution in [0.25, 0.3) is 0 Å². The Morgan fingerprint density at radius 3 is 3.13 bits per heavy atom. The first-order chi connectivity index (χ1) is 7.33. The molecule has 80 valence electrons. The third-order valence-electron chi connectivity index (χ3n) is 3.59. The molecule has 0 spiro atoms. The lowest BCUT2D eigenvalue weighted by Gasteiger charge is -2.19. The van der Waals surface area contributed by atoms with Gasteiger partial charge in [-0.05, 0) is 37.4 Å². The van der Waals surface area contributed by atoms with E-state index in [1.54, 1.807) is 0 Å². The van der Waals surface area contributed by atoms with Crippen LogP contribution in [-0.2, 0) is 0 Å². The molecule has 2 aliphatic rings. The summed E-state index contributed by atoms with van der Waals surface area (Å²) in [6.07, 6.45) is 5.23. The molecule has 15 heavy (non-hydrogen) atoms. The Labute approximate surface area is 90.5 Å². The summed E-state index contributed by atoms with van der Waals surface area (Å²) in [6.45, 7) is 5.65. The lowest BCUT2D eigenvalue weighted by Crippen LogP contribution is -2.30. The van der Waals surface area contributed by atoms with Crippen LogP contribution in [0.4, 0.5) is 5.69 Å². The standard InChI is InChI=1S/C12H17N3/c1-9-4-11(6-13-5-9)15-7-10-2-3-14-12(10)8-15/h4-6,10,12,14H,2-3,7-8H2,1H3. The average molecular weight is 203 g/mol. The van der Waals surface area contributed by atoms with Gasteiger partial charge in [0.2, 0.25) is 0 Å². The fraction of sp³-hybridized carbons (Fsp3) is 0.583. The molecule has 0 saturated carbocycles. The Balaban J connectivity index is 1.79. The summed E-state index contributed by atoms with van der Waals surface area (Å²) in [5, 5.41) is 3.57. The first-order valence-electron chi connectivity index (χ1n) is 5.73. The van der Waals surface area contributed by atoms with Crippen molar-refractivity contribution < 1.29 is 0 Å². The van der Waals surface area contributed by atoms with Crippen molar-refractivity contribution in [2.45, 2.75) is 19.4 Å². The minimum Gasteiger partial charge on any atom is -0.368 e. The van der Waals surface area contributed by atoms with Crippen LogP contribution in [0.1, 0.15) is 12.0 Å². The van der Waals surface area contributed by atoms with Crippen molar-refractivity contribution in [2.75, 3.05) is 24.5 Å². The van der Waals surface area contributed by atoms with Gasteiger partial charge in [0, 0.05) is 25.3 Å². The highest BCUT2D eigenvalue weighted by Gasteiger charge is 2.35. The van der Waals surface area contributed by atoms with Crippen LogP contribution < -0.4 is 10.2 Å². The highest BCUT2D eigenvalue weighted by molar-refractivity contribution is 5.47. The van der Waals surface area contributed by atoms with Gasteiger partial charge < -0.3 is 10.2 Å². The third-order valence-corrected chi connectivity index (χ3v) is 3.59. The van der Waals surface area contributed by atoms with Gasteiger partial charge in [0.15, 0.2) is 0 Å². The molecule has 3 rings (SSSR count). The molecule has 0 aliphatic carbocycles. The van der Waals surface area contributed by atoms with Gasteiger partial charge in [-0.15, -0.1) is 0 Å². The maximum atomic E-state index is 4.26. The number of pyridine rings is 1. The molecule has 0 bridgehead atoms. The summed E-state index contributed by atoms with van der Waals surface area (Å²) in [5.74, 6) is 0.852. The molecule has 3 heterocycles. The van der Waals surface area contributed by atoms with Gasteiger partial charge in [-0.25, -0.2) is 0 Å². The van der Waals surface area contributed by atoms with Gasteiger partial charge in [0.25, 0.3) is 0 Å². The topological polar surface area (TPSA) is 28.2 Å². The van der Waals surface area contributed by atoms with Crippen molar-refractivity contribution in [3.63, 3.8) is 0 Å². The SMILES string of the molecule is Cc1cncc(N2CC3CCNC3C2)c1. The zero-order valence-corrected chi connectivity index (χ0v) is 9.11. The molecule has 0 amide bonds. The van der Waals surface area contributed by atoms with Crippen LogP contribution in [-0.4, -0.2) is 30.7 Å². The molecular formula is C12H17N3. The fourth-order valence-corrected chi connectivity index (χ4v) is 2.77. The quantitative estimate of drug-likeness (QED) is 0.743. The molecular weight excluding hydrogens is 186 g/mol. The number of aromatic nitrogens is 1. The lowest BCUT2D eigenvalue weighted by atomic mass is 10.1. The second-order valence-corrected chi connectivity index (χ2v) is 4.73. The second-order valence-electron chi connectivity index (χ2n) is 4.73. The predicted octanol–water partition coefficient (Wildman–Crippen LogP) is 1.19. The van der Waals surface area contributed by atoms with Crippen molar-refractivity contribution in [3.05, 3.63) is 24.0 Å². The van der Waals surface area contributed by atoms with Crippen molar-refractivity contribution >= 4 is 5.69 Å². The van der Waals surface area contributed by atoms with E-state index in [9.17, 15) is 0 Å². The lowest BCUT2D eigenvalue weighted by molar-refractivity contribution is 0.556. The summed E-state index contributed by atoms with van der Waals surface area (Å²) in [4.78, 5) is 6.72. The van der Waals surface area contributed by atoms with E-state index in [-0.39, 0.29) is 0 Å². The monoisotopic (exact) mass is 203 g/mol. The number of anilines is 1. The van der Waals surface area contributed by atoms with Crippen LogP contribution in [0.3, 0.4) is 0 Å². The van der Waals surface area contributed by atoms with E-state index in [0.717, 1.165) is 12.5 Å². The predicted molar refractivity (Wildman–Crippen MR) is 61.1 cm³/mol. The molecule has 3 nitrogen and oxygen atoms in total. The van der Waals surface area contributed by atoms with E-state index in [0.29, 0.717) is 6.04 Å². The fourth-order valence-electron chi connectivity index (χ4n) is 2.77. The molecule has 2 aliphatic heterocycles. The molecule has 1 aromatic rings. The maximum absolute atomic E-state index is 4.26. The summed E-state index contributed by atoms with van der Waals surface area (Å²) in [7, 11) is 0. The van der Waals surface area contributed by atoms with E-state index in [1.165, 1.54) is 30.8 Å². The minimum atomic E-state index is 0.713. The zero-order chi connectivity index (χ0) is 10.3. The second kappa shape index (κ2) is 3.49. The summed E-state index contributed by atoms with van der Waals surface area (Å²) in [6, 6.07) is 2.94. The highest BCUT2D eigenvalue weighted by atomic mass is 15.2. The summed E-state index contributed by atoms with van der Waals surface area (Å²) >= 11 is 0. The van der Waals surface area contributed by atoms with Crippen LogP contribution in [0.2, 0.25) is 0 Å². The van der Waals surface area contributed by atoms with E-state index in [2.05, 4.69) is 28.2 Å². The first-order valence-corrected chi connectivity index (χ1v) is 5.73. The number of fused-ring (bicyclic) bond motifs is 1. The molecule has 3 heteroatoms.